The lowest BCUT2D eigenvalue weighted by molar-refractivity contribution is -0.143. The predicted octanol–water partition coefficient (Wildman–Crippen LogP) is 6.13. The van der Waals surface area contributed by atoms with Crippen LogP contribution in [0.5, 0.6) is 5.75 Å². The number of ether oxygens (including phenoxy) is 1. The summed E-state index contributed by atoms with van der Waals surface area (Å²) in [5.74, 6) is 0.571. The van der Waals surface area contributed by atoms with Crippen molar-refractivity contribution in [1.82, 2.24) is 5.32 Å². The number of halogens is 6. The lowest BCUT2D eigenvalue weighted by atomic mass is 10.0. The number of para-hydroxylation sites is 1. The lowest BCUT2D eigenvalue weighted by Crippen LogP contribution is -2.22. The summed E-state index contributed by atoms with van der Waals surface area (Å²) in [5, 5.41) is 13.1. The third-order valence-electron chi connectivity index (χ3n) is 4.86. The summed E-state index contributed by atoms with van der Waals surface area (Å²) >= 11 is 0. The second-order valence-corrected chi connectivity index (χ2v) is 7.37. The second-order valence-electron chi connectivity index (χ2n) is 7.37. The fraction of sp³-hybridized carbons (Fsp3) is 0.250. The van der Waals surface area contributed by atoms with E-state index in [1.807, 2.05) is 30.3 Å². The van der Waals surface area contributed by atoms with Gasteiger partial charge in [0, 0.05) is 18.7 Å². The number of hydrogen-bond acceptors (Lipinski definition) is 3. The van der Waals surface area contributed by atoms with Gasteiger partial charge in [-0.1, -0.05) is 48.5 Å². The summed E-state index contributed by atoms with van der Waals surface area (Å²) < 4.78 is 84.0. The molecule has 0 unspecified atom stereocenters. The maximum absolute atomic E-state index is 13.0. The molecule has 0 bridgehead atoms. The summed E-state index contributed by atoms with van der Waals surface area (Å²) in [4.78, 5) is 0. The van der Waals surface area contributed by atoms with Gasteiger partial charge in [0.25, 0.3) is 0 Å². The first-order valence-electron chi connectivity index (χ1n) is 9.97. The first kappa shape index (κ1) is 24.6. The standard InChI is InChI=1S/C24H21F6NO2/c25-23(26,27)19-10-18(11-20(12-19)24(28,29)30)21(32)14-31-13-17-8-4-5-9-22(17)33-15-16-6-2-1-3-7-16/h1-12,21,31-32H,13-15H2/t21-/m0/s1. The van der Waals surface area contributed by atoms with Gasteiger partial charge in [-0.15, -0.1) is 0 Å². The van der Waals surface area contributed by atoms with Crippen LogP contribution in [-0.2, 0) is 25.5 Å². The molecule has 3 aromatic carbocycles. The van der Waals surface area contributed by atoms with Crippen LogP contribution in [-0.4, -0.2) is 11.7 Å². The van der Waals surface area contributed by atoms with Gasteiger partial charge in [0.2, 0.25) is 0 Å². The van der Waals surface area contributed by atoms with Crippen LogP contribution in [0.25, 0.3) is 0 Å². The molecular formula is C24H21F6NO2. The Morgan fingerprint density at radius 1 is 0.788 bits per heavy atom. The number of benzene rings is 3. The zero-order chi connectivity index (χ0) is 24.1. The predicted molar refractivity (Wildman–Crippen MR) is 110 cm³/mol. The molecule has 3 aromatic rings. The van der Waals surface area contributed by atoms with Crippen molar-refractivity contribution in [3.63, 3.8) is 0 Å². The maximum Gasteiger partial charge on any atom is 0.416 e. The van der Waals surface area contributed by atoms with E-state index in [0.29, 0.717) is 24.5 Å². The molecule has 33 heavy (non-hydrogen) atoms. The SMILES string of the molecule is O[C@@H](CNCc1ccccc1OCc1ccccc1)c1cc(C(F)(F)F)cc(C(F)(F)F)c1. The Morgan fingerprint density at radius 3 is 1.97 bits per heavy atom. The van der Waals surface area contributed by atoms with E-state index in [1.165, 1.54) is 0 Å². The van der Waals surface area contributed by atoms with E-state index in [2.05, 4.69) is 5.32 Å². The fourth-order valence-corrected chi connectivity index (χ4v) is 3.16. The number of hydrogen-bond donors (Lipinski definition) is 2. The summed E-state index contributed by atoms with van der Waals surface area (Å²) in [6, 6.07) is 17.6. The van der Waals surface area contributed by atoms with Crippen LogP contribution in [0.4, 0.5) is 26.3 Å². The third kappa shape index (κ3) is 6.97. The Hall–Kier alpha value is -3.04. The largest absolute Gasteiger partial charge is 0.489 e. The Balaban J connectivity index is 1.67. The quantitative estimate of drug-likeness (QED) is 0.390. The van der Waals surface area contributed by atoms with Gasteiger partial charge in [-0.05, 0) is 35.4 Å². The minimum atomic E-state index is -4.97. The van der Waals surface area contributed by atoms with Crippen molar-refractivity contribution in [2.75, 3.05) is 6.54 Å². The lowest BCUT2D eigenvalue weighted by Gasteiger charge is -2.18. The summed E-state index contributed by atoms with van der Waals surface area (Å²) in [7, 11) is 0. The van der Waals surface area contributed by atoms with Crippen LogP contribution in [0.15, 0.2) is 72.8 Å². The van der Waals surface area contributed by atoms with Crippen molar-refractivity contribution >= 4 is 0 Å². The molecule has 176 valence electrons. The Bertz CT molecular complexity index is 1020. The van der Waals surface area contributed by atoms with Gasteiger partial charge in [-0.2, -0.15) is 26.3 Å². The average molecular weight is 469 g/mol. The van der Waals surface area contributed by atoms with Gasteiger partial charge in [-0.3, -0.25) is 0 Å². The van der Waals surface area contributed by atoms with E-state index in [-0.39, 0.29) is 19.2 Å². The molecule has 0 amide bonds. The third-order valence-corrected chi connectivity index (χ3v) is 4.86. The molecular weight excluding hydrogens is 448 g/mol. The zero-order valence-electron chi connectivity index (χ0n) is 17.3. The molecule has 0 aliphatic carbocycles. The van der Waals surface area contributed by atoms with E-state index in [1.54, 1.807) is 24.3 Å². The molecule has 2 N–H and O–H groups in total. The molecule has 0 radical (unpaired) electrons. The van der Waals surface area contributed by atoms with E-state index in [0.717, 1.165) is 11.1 Å². The molecule has 0 saturated heterocycles. The average Bonchev–Trinajstić information content (AvgIpc) is 2.77. The smallest absolute Gasteiger partial charge is 0.416 e. The van der Waals surface area contributed by atoms with E-state index >= 15 is 0 Å². The summed E-state index contributed by atoms with van der Waals surface area (Å²) in [5.41, 5.74) is -1.73. The topological polar surface area (TPSA) is 41.5 Å². The van der Waals surface area contributed by atoms with Crippen molar-refractivity contribution in [1.29, 1.82) is 0 Å². The van der Waals surface area contributed by atoms with Crippen molar-refractivity contribution in [3.8, 4) is 5.75 Å². The molecule has 0 heterocycles. The second kappa shape index (κ2) is 10.3. The number of alkyl halides is 6. The van der Waals surface area contributed by atoms with Crippen LogP contribution in [0.3, 0.4) is 0 Å². The van der Waals surface area contributed by atoms with Crippen LogP contribution in [0.1, 0.15) is 33.9 Å². The van der Waals surface area contributed by atoms with Crippen molar-refractivity contribution in [2.45, 2.75) is 31.6 Å². The van der Waals surface area contributed by atoms with Gasteiger partial charge in [0.15, 0.2) is 0 Å². The molecule has 0 aromatic heterocycles. The highest BCUT2D eigenvalue weighted by molar-refractivity contribution is 5.35. The molecule has 3 nitrogen and oxygen atoms in total. The van der Waals surface area contributed by atoms with Gasteiger partial charge in [-0.25, -0.2) is 0 Å². The maximum atomic E-state index is 13.0. The fourth-order valence-electron chi connectivity index (χ4n) is 3.16. The molecule has 0 aliphatic heterocycles. The highest BCUT2D eigenvalue weighted by Gasteiger charge is 2.37. The normalized spacial score (nSPS) is 13.1. The summed E-state index contributed by atoms with van der Waals surface area (Å²) in [6.07, 6.45) is -11.5. The van der Waals surface area contributed by atoms with Gasteiger partial charge >= 0.3 is 12.4 Å². The van der Waals surface area contributed by atoms with E-state index in [4.69, 9.17) is 4.74 Å². The molecule has 0 saturated carbocycles. The van der Waals surface area contributed by atoms with Gasteiger partial charge in [0.05, 0.1) is 17.2 Å². The Morgan fingerprint density at radius 2 is 1.36 bits per heavy atom. The minimum absolute atomic E-state index is 0.0317. The Kier molecular flexibility index (Phi) is 7.65. The summed E-state index contributed by atoms with van der Waals surface area (Å²) in [6.45, 7) is 0.254. The molecule has 0 fully saturated rings. The van der Waals surface area contributed by atoms with Crippen molar-refractivity contribution in [3.05, 3.63) is 101 Å². The monoisotopic (exact) mass is 469 g/mol. The first-order chi connectivity index (χ1) is 15.5. The molecule has 3 rings (SSSR count). The van der Waals surface area contributed by atoms with Crippen LogP contribution in [0.2, 0.25) is 0 Å². The van der Waals surface area contributed by atoms with Crippen molar-refractivity contribution < 1.29 is 36.2 Å². The van der Waals surface area contributed by atoms with Gasteiger partial charge < -0.3 is 15.2 Å². The minimum Gasteiger partial charge on any atom is -0.489 e. The highest BCUT2D eigenvalue weighted by atomic mass is 19.4. The highest BCUT2D eigenvalue weighted by Crippen LogP contribution is 2.37. The number of nitrogens with one attached hydrogen (secondary N) is 1. The van der Waals surface area contributed by atoms with Crippen LogP contribution < -0.4 is 10.1 Å². The van der Waals surface area contributed by atoms with E-state index < -0.39 is 35.1 Å². The van der Waals surface area contributed by atoms with Crippen LogP contribution >= 0.6 is 0 Å². The number of aliphatic hydroxyl groups is 1. The zero-order valence-corrected chi connectivity index (χ0v) is 17.3. The van der Waals surface area contributed by atoms with E-state index in [9.17, 15) is 31.4 Å². The van der Waals surface area contributed by atoms with Gasteiger partial charge in [0.1, 0.15) is 12.4 Å². The molecule has 0 spiro atoms. The Labute approximate surface area is 186 Å². The molecule has 1 atom stereocenters. The number of aliphatic hydroxyl groups excluding tert-OH is 1. The van der Waals surface area contributed by atoms with Crippen molar-refractivity contribution in [2.24, 2.45) is 0 Å². The molecule has 0 aliphatic rings. The first-order valence-corrected chi connectivity index (χ1v) is 9.97. The molecule has 9 heteroatoms. The number of rotatable bonds is 8. The van der Waals surface area contributed by atoms with Crippen LogP contribution in [0, 0.1) is 0 Å².